The van der Waals surface area contributed by atoms with Gasteiger partial charge in [-0.15, -0.1) is 0 Å². The van der Waals surface area contributed by atoms with Crippen molar-refractivity contribution in [2.45, 2.75) is 44.4 Å². The first-order valence-electron chi connectivity index (χ1n) is 12.4. The van der Waals surface area contributed by atoms with E-state index in [4.69, 9.17) is 5.41 Å². The number of fused-ring (bicyclic) bond motifs is 1. The summed E-state index contributed by atoms with van der Waals surface area (Å²) in [7, 11) is 0. The predicted molar refractivity (Wildman–Crippen MR) is 134 cm³/mol. The molecule has 39 heavy (non-hydrogen) atoms. The fraction of sp³-hybridized carbons (Fsp3) is 0.250. The number of halogens is 2. The lowest BCUT2D eigenvalue weighted by Gasteiger charge is -2.29. The number of benzene rings is 2. The number of piperidine rings is 1. The van der Waals surface area contributed by atoms with E-state index in [2.05, 4.69) is 10.6 Å². The van der Waals surface area contributed by atoms with Crippen molar-refractivity contribution in [1.82, 2.24) is 20.1 Å². The highest BCUT2D eigenvalue weighted by molar-refractivity contribution is 6.05. The van der Waals surface area contributed by atoms with Gasteiger partial charge in [0.05, 0.1) is 0 Å². The molecule has 9 nitrogen and oxygen atoms in total. The lowest BCUT2D eigenvalue weighted by molar-refractivity contribution is -0.147. The van der Waals surface area contributed by atoms with Crippen LogP contribution in [0.3, 0.4) is 0 Å². The van der Waals surface area contributed by atoms with Crippen LogP contribution in [0.5, 0.6) is 0 Å². The van der Waals surface area contributed by atoms with E-state index in [0.29, 0.717) is 16.7 Å². The van der Waals surface area contributed by atoms with E-state index >= 15 is 8.78 Å². The molecular weight excluding hydrogens is 508 g/mol. The molecule has 4 amide bonds. The summed E-state index contributed by atoms with van der Waals surface area (Å²) in [5.41, 5.74) is 1.82. The molecule has 3 N–H and O–H groups in total. The molecule has 3 heterocycles. The monoisotopic (exact) mass is 533 g/mol. The first-order chi connectivity index (χ1) is 18.6. The molecule has 0 saturated carbocycles. The Morgan fingerprint density at radius 1 is 1.05 bits per heavy atom. The highest BCUT2D eigenvalue weighted by atomic mass is 19.3. The van der Waals surface area contributed by atoms with Gasteiger partial charge in [-0.1, -0.05) is 42.5 Å². The van der Waals surface area contributed by atoms with Crippen LogP contribution in [0.25, 0.3) is 0 Å². The molecule has 2 aliphatic rings. The lowest BCUT2D eigenvalue weighted by atomic mass is 10.0. The minimum Gasteiger partial charge on any atom is -0.346 e. The number of alkyl halides is 2. The van der Waals surface area contributed by atoms with Crippen LogP contribution in [0, 0.1) is 5.41 Å². The summed E-state index contributed by atoms with van der Waals surface area (Å²) < 4.78 is 31.5. The highest BCUT2D eigenvalue weighted by Crippen LogP contribution is 2.30. The average Bonchev–Trinajstić information content (AvgIpc) is 3.24. The van der Waals surface area contributed by atoms with Crippen molar-refractivity contribution in [3.05, 3.63) is 100 Å². The number of imide groups is 1. The molecule has 2 aliphatic heterocycles. The van der Waals surface area contributed by atoms with Crippen LogP contribution in [0.1, 0.15) is 45.5 Å². The number of rotatable bonds is 7. The molecule has 0 spiro atoms. The maximum Gasteiger partial charge on any atom is 0.351 e. The Bertz CT molecular complexity index is 1540. The molecule has 1 saturated heterocycles. The normalized spacial score (nSPS) is 17.1. The van der Waals surface area contributed by atoms with Gasteiger partial charge in [0, 0.05) is 43.4 Å². The largest absolute Gasteiger partial charge is 0.351 e. The molecule has 0 bridgehead atoms. The zero-order chi connectivity index (χ0) is 27.7. The van der Waals surface area contributed by atoms with Gasteiger partial charge in [-0.3, -0.25) is 29.9 Å². The van der Waals surface area contributed by atoms with Gasteiger partial charge in [-0.2, -0.15) is 8.78 Å². The Morgan fingerprint density at radius 2 is 1.82 bits per heavy atom. The third-order valence-corrected chi connectivity index (χ3v) is 6.91. The fourth-order valence-corrected chi connectivity index (χ4v) is 4.80. The van der Waals surface area contributed by atoms with Crippen LogP contribution < -0.4 is 16.1 Å². The number of pyridine rings is 1. The van der Waals surface area contributed by atoms with Gasteiger partial charge in [0.25, 0.3) is 11.8 Å². The number of amides is 4. The summed E-state index contributed by atoms with van der Waals surface area (Å²) in [5.74, 6) is -6.58. The highest BCUT2D eigenvalue weighted by Gasteiger charge is 2.42. The standard InChI is InChI=1S/C28H25F2N5O4/c29-28(30,20-7-10-23(31)34(16-20)14-17-4-2-1-3-5-17)27(39)32-13-18-6-8-21-19(12-18)15-35(26(21)38)22-9-11-24(36)33-25(22)37/h1-8,10,12,16,22,31H,9,11,13-15H2,(H,32,39)(H,33,36,37). The maximum atomic E-state index is 15.1. The van der Waals surface area contributed by atoms with Crippen molar-refractivity contribution in [3.8, 4) is 0 Å². The summed E-state index contributed by atoms with van der Waals surface area (Å²) in [6, 6.07) is 15.4. The summed E-state index contributed by atoms with van der Waals surface area (Å²) in [5, 5.41) is 12.6. The van der Waals surface area contributed by atoms with Crippen molar-refractivity contribution < 1.29 is 28.0 Å². The second kappa shape index (κ2) is 10.2. The van der Waals surface area contributed by atoms with Gasteiger partial charge in [-0.25, -0.2) is 0 Å². The third kappa shape index (κ3) is 5.20. The van der Waals surface area contributed by atoms with E-state index in [-0.39, 0.29) is 49.8 Å². The first kappa shape index (κ1) is 26.0. The smallest absolute Gasteiger partial charge is 0.346 e. The number of aromatic nitrogens is 1. The Labute approximate surface area is 221 Å². The second-order valence-corrected chi connectivity index (χ2v) is 9.57. The number of hydrogen-bond acceptors (Lipinski definition) is 5. The average molecular weight is 534 g/mol. The summed E-state index contributed by atoms with van der Waals surface area (Å²) >= 11 is 0. The molecule has 2 aromatic carbocycles. The minimum absolute atomic E-state index is 0.0258. The number of carbonyl (C=O) groups excluding carboxylic acids is 4. The van der Waals surface area contributed by atoms with Crippen LogP contribution in [-0.2, 0) is 39.9 Å². The Balaban J connectivity index is 1.26. The molecule has 3 aromatic rings. The number of carbonyl (C=O) groups is 4. The van der Waals surface area contributed by atoms with E-state index in [1.807, 2.05) is 30.3 Å². The molecule has 200 valence electrons. The number of nitrogens with zero attached hydrogens (tertiary/aromatic N) is 2. The second-order valence-electron chi connectivity index (χ2n) is 9.57. The van der Waals surface area contributed by atoms with Crippen molar-refractivity contribution >= 4 is 23.6 Å². The van der Waals surface area contributed by atoms with Crippen LogP contribution in [0.4, 0.5) is 8.78 Å². The fourth-order valence-electron chi connectivity index (χ4n) is 4.80. The maximum absolute atomic E-state index is 15.1. The number of hydrogen-bond donors (Lipinski definition) is 3. The zero-order valence-electron chi connectivity index (χ0n) is 20.7. The van der Waals surface area contributed by atoms with E-state index < -0.39 is 29.3 Å². The topological polar surface area (TPSA) is 124 Å². The summed E-state index contributed by atoms with van der Waals surface area (Å²) in [4.78, 5) is 50.4. The molecule has 11 heteroatoms. The van der Waals surface area contributed by atoms with Crippen LogP contribution in [0.15, 0.2) is 66.9 Å². The van der Waals surface area contributed by atoms with Crippen molar-refractivity contribution in [2.75, 3.05) is 0 Å². The van der Waals surface area contributed by atoms with Crippen molar-refractivity contribution in [2.24, 2.45) is 0 Å². The van der Waals surface area contributed by atoms with E-state index in [1.54, 1.807) is 18.2 Å². The first-order valence-corrected chi connectivity index (χ1v) is 12.4. The Morgan fingerprint density at radius 3 is 2.56 bits per heavy atom. The number of nitrogens with one attached hydrogen (secondary N) is 3. The van der Waals surface area contributed by atoms with Crippen molar-refractivity contribution in [1.29, 1.82) is 5.41 Å². The van der Waals surface area contributed by atoms with E-state index in [1.165, 1.54) is 15.5 Å². The quantitative estimate of drug-likeness (QED) is 0.403. The molecule has 1 atom stereocenters. The molecule has 1 fully saturated rings. The molecule has 0 aliphatic carbocycles. The van der Waals surface area contributed by atoms with Gasteiger partial charge < -0.3 is 14.8 Å². The van der Waals surface area contributed by atoms with E-state index in [0.717, 1.165) is 17.8 Å². The van der Waals surface area contributed by atoms with Crippen LogP contribution in [-0.4, -0.2) is 39.1 Å². The molecule has 1 aromatic heterocycles. The summed E-state index contributed by atoms with van der Waals surface area (Å²) in [6.45, 7) is 0.142. The Kier molecular flexibility index (Phi) is 6.81. The molecular formula is C28H25F2N5O4. The SMILES string of the molecule is N=c1ccc(C(F)(F)C(=O)NCc2ccc3c(c2)CN(C2CCC(=O)NC2=O)C3=O)cn1Cc1ccccc1. The van der Waals surface area contributed by atoms with Gasteiger partial charge in [0.2, 0.25) is 11.8 Å². The van der Waals surface area contributed by atoms with Gasteiger partial charge >= 0.3 is 5.92 Å². The van der Waals surface area contributed by atoms with Gasteiger partial charge in [0.15, 0.2) is 0 Å². The lowest BCUT2D eigenvalue weighted by Crippen LogP contribution is -2.52. The third-order valence-electron chi connectivity index (χ3n) is 6.91. The van der Waals surface area contributed by atoms with Gasteiger partial charge in [-0.05, 0) is 41.3 Å². The molecule has 0 radical (unpaired) electrons. The molecule has 1 unspecified atom stereocenters. The van der Waals surface area contributed by atoms with E-state index in [9.17, 15) is 19.2 Å². The van der Waals surface area contributed by atoms with Crippen molar-refractivity contribution in [3.63, 3.8) is 0 Å². The molecule has 5 rings (SSSR count). The van der Waals surface area contributed by atoms with Gasteiger partial charge in [0.1, 0.15) is 11.5 Å². The predicted octanol–water partition coefficient (Wildman–Crippen LogP) is 2.19. The van der Waals surface area contributed by atoms with Crippen LogP contribution >= 0.6 is 0 Å². The summed E-state index contributed by atoms with van der Waals surface area (Å²) in [6.07, 6.45) is 1.48. The zero-order valence-corrected chi connectivity index (χ0v) is 20.7. The Hall–Kier alpha value is -4.67. The van der Waals surface area contributed by atoms with Crippen LogP contribution in [0.2, 0.25) is 0 Å². The minimum atomic E-state index is -3.85.